The third-order valence-electron chi connectivity index (χ3n) is 3.56. The van der Waals surface area contributed by atoms with Crippen molar-refractivity contribution in [2.45, 2.75) is 19.6 Å². The van der Waals surface area contributed by atoms with Gasteiger partial charge in [0, 0.05) is 17.7 Å². The highest BCUT2D eigenvalue weighted by atomic mass is 16.6. The van der Waals surface area contributed by atoms with Crippen LogP contribution in [-0.2, 0) is 16.1 Å². The van der Waals surface area contributed by atoms with Crippen molar-refractivity contribution in [3.8, 4) is 5.75 Å². The zero-order chi connectivity index (χ0) is 19.1. The molecule has 0 unspecified atom stereocenters. The van der Waals surface area contributed by atoms with E-state index in [4.69, 9.17) is 4.74 Å². The summed E-state index contributed by atoms with van der Waals surface area (Å²) >= 11 is 0. The van der Waals surface area contributed by atoms with Crippen LogP contribution in [0.15, 0.2) is 48.5 Å². The molecule has 0 heterocycles. The zero-order valence-electron chi connectivity index (χ0n) is 14.3. The predicted molar refractivity (Wildman–Crippen MR) is 92.8 cm³/mol. The summed E-state index contributed by atoms with van der Waals surface area (Å²) in [5.74, 6) is -1.19. The van der Waals surface area contributed by atoms with Crippen molar-refractivity contribution >= 4 is 17.6 Å². The molecule has 0 aliphatic heterocycles. The first-order valence-electron chi connectivity index (χ1n) is 7.76. The lowest BCUT2D eigenvalue weighted by Crippen LogP contribution is -2.39. The highest BCUT2D eigenvalue weighted by molar-refractivity contribution is 5.97. The van der Waals surface area contributed by atoms with Crippen LogP contribution in [0.5, 0.6) is 5.75 Å². The number of methoxy groups -OCH3 is 1. The average Bonchev–Trinajstić information content (AvgIpc) is 2.65. The van der Waals surface area contributed by atoms with Crippen molar-refractivity contribution in [3.63, 3.8) is 0 Å². The molecule has 1 amide bonds. The summed E-state index contributed by atoms with van der Waals surface area (Å²) < 4.78 is 10.1. The number of nitrogens with zero attached hydrogens (tertiary/aromatic N) is 1. The Morgan fingerprint density at radius 2 is 1.88 bits per heavy atom. The molecule has 0 bridgehead atoms. The van der Waals surface area contributed by atoms with E-state index >= 15 is 0 Å². The van der Waals surface area contributed by atoms with Crippen molar-refractivity contribution in [1.82, 2.24) is 5.32 Å². The molecule has 26 heavy (non-hydrogen) atoms. The van der Waals surface area contributed by atoms with Gasteiger partial charge in [0.1, 0.15) is 12.6 Å². The Bertz CT molecular complexity index is 807. The summed E-state index contributed by atoms with van der Waals surface area (Å²) in [5, 5.41) is 13.6. The van der Waals surface area contributed by atoms with E-state index in [0.717, 1.165) is 5.56 Å². The van der Waals surface area contributed by atoms with Crippen LogP contribution in [0.1, 0.15) is 22.8 Å². The molecule has 0 saturated carbocycles. The summed E-state index contributed by atoms with van der Waals surface area (Å²) in [5.41, 5.74) is 0.712. The molecule has 0 fully saturated rings. The van der Waals surface area contributed by atoms with Gasteiger partial charge in [0.15, 0.2) is 5.75 Å². The summed E-state index contributed by atoms with van der Waals surface area (Å²) in [6.45, 7) is 1.59. The summed E-state index contributed by atoms with van der Waals surface area (Å²) in [4.78, 5) is 34.2. The summed E-state index contributed by atoms with van der Waals surface area (Å²) in [6, 6.07) is 12.1. The number of amides is 1. The van der Waals surface area contributed by atoms with Crippen LogP contribution in [0, 0.1) is 10.1 Å². The van der Waals surface area contributed by atoms with Gasteiger partial charge in [-0.25, -0.2) is 4.79 Å². The second-order valence-electron chi connectivity index (χ2n) is 5.43. The van der Waals surface area contributed by atoms with E-state index in [2.05, 4.69) is 10.1 Å². The van der Waals surface area contributed by atoms with Crippen molar-refractivity contribution < 1.29 is 24.0 Å². The molecule has 136 valence electrons. The first-order valence-corrected chi connectivity index (χ1v) is 7.76. The molecule has 0 aliphatic carbocycles. The van der Waals surface area contributed by atoms with Crippen molar-refractivity contribution in [3.05, 3.63) is 69.8 Å². The first kappa shape index (κ1) is 18.9. The Morgan fingerprint density at radius 1 is 1.19 bits per heavy atom. The van der Waals surface area contributed by atoms with E-state index in [1.807, 2.05) is 30.3 Å². The molecule has 2 aromatic carbocycles. The van der Waals surface area contributed by atoms with Gasteiger partial charge in [0.2, 0.25) is 0 Å². The number of carbonyl (C=O) groups excluding carboxylic acids is 2. The van der Waals surface area contributed by atoms with E-state index in [-0.39, 0.29) is 23.6 Å². The van der Waals surface area contributed by atoms with Crippen LogP contribution >= 0.6 is 0 Å². The molecule has 8 heteroatoms. The molecule has 2 aromatic rings. The van der Waals surface area contributed by atoms with Crippen molar-refractivity contribution in [2.75, 3.05) is 7.11 Å². The van der Waals surface area contributed by atoms with Gasteiger partial charge in [-0.15, -0.1) is 0 Å². The lowest BCUT2D eigenvalue weighted by atomic mass is 10.1. The van der Waals surface area contributed by atoms with Crippen molar-refractivity contribution in [2.24, 2.45) is 0 Å². The number of benzene rings is 2. The Balaban J connectivity index is 2.20. The van der Waals surface area contributed by atoms with Crippen LogP contribution in [0.3, 0.4) is 0 Å². The minimum Gasteiger partial charge on any atom is -0.482 e. The maximum absolute atomic E-state index is 12.2. The van der Waals surface area contributed by atoms with E-state index in [9.17, 15) is 19.7 Å². The van der Waals surface area contributed by atoms with Crippen molar-refractivity contribution in [1.29, 1.82) is 0 Å². The number of carbonyl (C=O) groups is 2. The standard InChI is InChI=1S/C18H18N2O6/c1-12(18(22)25-2)19-17(21)14-8-9-15(20(23)24)16(10-14)26-11-13-6-4-3-5-7-13/h3-10,12H,11H2,1-2H3,(H,19,21)/t12-/m0/s1. The number of rotatable bonds is 7. The van der Waals surface area contributed by atoms with Gasteiger partial charge < -0.3 is 14.8 Å². The lowest BCUT2D eigenvalue weighted by Gasteiger charge is -2.12. The highest BCUT2D eigenvalue weighted by Gasteiger charge is 2.21. The Morgan fingerprint density at radius 3 is 2.50 bits per heavy atom. The fourth-order valence-electron chi connectivity index (χ4n) is 2.17. The Kier molecular flexibility index (Phi) is 6.26. The molecule has 0 spiro atoms. The quantitative estimate of drug-likeness (QED) is 0.463. The number of esters is 1. The van der Waals surface area contributed by atoms with E-state index < -0.39 is 22.8 Å². The second kappa shape index (κ2) is 8.61. The van der Waals surface area contributed by atoms with E-state index in [0.29, 0.717) is 0 Å². The van der Waals surface area contributed by atoms with Gasteiger partial charge in [-0.1, -0.05) is 30.3 Å². The molecular formula is C18H18N2O6. The fourth-order valence-corrected chi connectivity index (χ4v) is 2.17. The summed E-state index contributed by atoms with van der Waals surface area (Å²) in [6.07, 6.45) is 0. The number of nitrogens with one attached hydrogen (secondary N) is 1. The maximum Gasteiger partial charge on any atom is 0.328 e. The average molecular weight is 358 g/mol. The molecule has 0 aliphatic rings. The summed E-state index contributed by atoms with van der Waals surface area (Å²) in [7, 11) is 1.21. The number of ether oxygens (including phenoxy) is 2. The van der Waals surface area contributed by atoms with E-state index in [1.54, 1.807) is 0 Å². The molecule has 0 saturated heterocycles. The number of nitro groups is 1. The first-order chi connectivity index (χ1) is 12.4. The van der Waals surface area contributed by atoms with Gasteiger partial charge in [-0.2, -0.15) is 0 Å². The minimum atomic E-state index is -0.851. The molecule has 1 atom stereocenters. The number of nitro benzene ring substituents is 1. The third kappa shape index (κ3) is 4.79. The molecule has 0 aromatic heterocycles. The number of hydrogen-bond donors (Lipinski definition) is 1. The normalized spacial score (nSPS) is 11.3. The smallest absolute Gasteiger partial charge is 0.328 e. The molecule has 8 nitrogen and oxygen atoms in total. The minimum absolute atomic E-state index is 0.0303. The second-order valence-corrected chi connectivity index (χ2v) is 5.43. The predicted octanol–water partition coefficient (Wildman–Crippen LogP) is 2.47. The highest BCUT2D eigenvalue weighted by Crippen LogP contribution is 2.28. The zero-order valence-corrected chi connectivity index (χ0v) is 14.3. The maximum atomic E-state index is 12.2. The SMILES string of the molecule is COC(=O)[C@H](C)NC(=O)c1ccc([N+](=O)[O-])c(OCc2ccccc2)c1. The molecular weight excluding hydrogens is 340 g/mol. The van der Waals surface area contributed by atoms with Gasteiger partial charge in [0.05, 0.1) is 12.0 Å². The largest absolute Gasteiger partial charge is 0.482 e. The van der Waals surface area contributed by atoms with Gasteiger partial charge >= 0.3 is 11.7 Å². The van der Waals surface area contributed by atoms with Crippen LogP contribution in [0.25, 0.3) is 0 Å². The molecule has 1 N–H and O–H groups in total. The fraction of sp³-hybridized carbons (Fsp3) is 0.222. The monoisotopic (exact) mass is 358 g/mol. The molecule has 2 rings (SSSR count). The van der Waals surface area contributed by atoms with Crippen LogP contribution in [0.4, 0.5) is 5.69 Å². The van der Waals surface area contributed by atoms with Crippen LogP contribution in [-0.4, -0.2) is 30.0 Å². The number of hydrogen-bond acceptors (Lipinski definition) is 6. The van der Waals surface area contributed by atoms with Crippen LogP contribution in [0.2, 0.25) is 0 Å². The molecule has 0 radical (unpaired) electrons. The van der Waals surface area contributed by atoms with Gasteiger partial charge in [-0.05, 0) is 18.6 Å². The topological polar surface area (TPSA) is 108 Å². The Hall–Kier alpha value is -3.42. The van der Waals surface area contributed by atoms with E-state index in [1.165, 1.54) is 32.2 Å². The van der Waals surface area contributed by atoms with Gasteiger partial charge in [-0.3, -0.25) is 14.9 Å². The lowest BCUT2D eigenvalue weighted by molar-refractivity contribution is -0.385. The van der Waals surface area contributed by atoms with Gasteiger partial charge in [0.25, 0.3) is 5.91 Å². The Labute approximate surface area is 149 Å². The van der Waals surface area contributed by atoms with Crippen LogP contribution < -0.4 is 10.1 Å². The third-order valence-corrected chi connectivity index (χ3v) is 3.56.